The van der Waals surface area contributed by atoms with E-state index in [1.807, 2.05) is 30.3 Å². The number of carbonyl (C=O) groups is 4. The van der Waals surface area contributed by atoms with Crippen LogP contribution in [0.15, 0.2) is 144 Å². The molecule has 0 aliphatic heterocycles. The fraction of sp³-hybridized carbons (Fsp3) is 0.0270. The van der Waals surface area contributed by atoms with Gasteiger partial charge in [-0.2, -0.15) is 0 Å². The molecule has 0 aromatic heterocycles. The molecule has 1 unspecified atom stereocenters. The van der Waals surface area contributed by atoms with Crippen molar-refractivity contribution in [3.8, 4) is 0 Å². The summed E-state index contributed by atoms with van der Waals surface area (Å²) in [6, 6.07) is 36.4. The Bertz CT molecular complexity index is 2040. The number of nitrogens with zero attached hydrogens (tertiary/aromatic N) is 1. The average Bonchev–Trinajstić information content (AvgIpc) is 3.12. The number of nitrogens with two attached hydrogens (primary N) is 1. The maximum Gasteiger partial charge on any atom is 0.276 e. The molecule has 0 radical (unpaired) electrons. The average molecular weight is 672 g/mol. The third-order valence-corrected chi connectivity index (χ3v) is 8.39. The van der Waals surface area contributed by atoms with E-state index in [4.69, 9.17) is 5.73 Å². The number of nitrogens with one attached hydrogen (secondary N) is 3. The Morgan fingerprint density at radius 1 is 0.735 bits per heavy atom. The van der Waals surface area contributed by atoms with E-state index in [9.17, 15) is 29.3 Å². The topological polar surface area (TPSA) is 174 Å². The minimum Gasteiger partial charge on any atom is -0.366 e. The van der Waals surface area contributed by atoms with Crippen molar-refractivity contribution in [3.63, 3.8) is 0 Å². The zero-order valence-corrected chi connectivity index (χ0v) is 26.6. The molecule has 0 heterocycles. The van der Waals surface area contributed by atoms with E-state index in [0.29, 0.717) is 21.8 Å². The fourth-order valence-electron chi connectivity index (χ4n) is 4.73. The molecule has 4 amide bonds. The van der Waals surface area contributed by atoms with E-state index in [-0.39, 0.29) is 28.4 Å². The van der Waals surface area contributed by atoms with Crippen molar-refractivity contribution in [1.82, 2.24) is 5.32 Å². The van der Waals surface area contributed by atoms with Crippen LogP contribution in [0.3, 0.4) is 0 Å². The summed E-state index contributed by atoms with van der Waals surface area (Å²) in [6.07, 6.45) is 1.25. The summed E-state index contributed by atoms with van der Waals surface area (Å²) in [4.78, 5) is 63.7. The number of nitro benzene ring substituents is 1. The number of nitro groups is 1. The molecule has 0 bridgehead atoms. The maximum atomic E-state index is 13.6. The second-order valence-corrected chi connectivity index (χ2v) is 11.7. The molecule has 244 valence electrons. The first-order valence-electron chi connectivity index (χ1n) is 14.8. The molecule has 1 atom stereocenters. The van der Waals surface area contributed by atoms with Gasteiger partial charge in [-0.05, 0) is 66.2 Å². The number of anilines is 2. The van der Waals surface area contributed by atoms with Gasteiger partial charge in [0.1, 0.15) is 10.9 Å². The summed E-state index contributed by atoms with van der Waals surface area (Å²) in [5.41, 5.74) is 7.04. The van der Waals surface area contributed by atoms with Gasteiger partial charge in [-0.25, -0.2) is 0 Å². The van der Waals surface area contributed by atoms with Crippen LogP contribution in [-0.4, -0.2) is 28.6 Å². The highest BCUT2D eigenvalue weighted by Crippen LogP contribution is 2.37. The molecule has 49 heavy (non-hydrogen) atoms. The Morgan fingerprint density at radius 3 is 2.02 bits per heavy atom. The Balaban J connectivity index is 1.37. The van der Waals surface area contributed by atoms with Crippen LogP contribution in [0.4, 0.5) is 17.1 Å². The lowest BCUT2D eigenvalue weighted by atomic mass is 10.1. The van der Waals surface area contributed by atoms with Gasteiger partial charge in [-0.15, -0.1) is 11.8 Å². The SMILES string of the molecule is NC(=O)c1ccccc1NC(=O)C(Sc1ccc(NC(=O)/C(=C/c2ccccc2[N+](=O)[O-])NC(=O)c2ccccc2)cc1)c1ccccc1. The van der Waals surface area contributed by atoms with Gasteiger partial charge in [0.2, 0.25) is 5.91 Å². The minimum atomic E-state index is -0.716. The summed E-state index contributed by atoms with van der Waals surface area (Å²) >= 11 is 1.26. The summed E-state index contributed by atoms with van der Waals surface area (Å²) in [5, 5.41) is 19.0. The lowest BCUT2D eigenvalue weighted by molar-refractivity contribution is -0.385. The first-order valence-corrected chi connectivity index (χ1v) is 15.7. The third kappa shape index (κ3) is 8.84. The molecule has 0 saturated heterocycles. The number of carbonyl (C=O) groups excluding carboxylic acids is 4. The number of hydrogen-bond acceptors (Lipinski definition) is 7. The van der Waals surface area contributed by atoms with Crippen LogP contribution in [0.2, 0.25) is 0 Å². The van der Waals surface area contributed by atoms with E-state index < -0.39 is 27.9 Å². The second kappa shape index (κ2) is 15.8. The number of primary amides is 1. The van der Waals surface area contributed by atoms with Gasteiger partial charge in [0.15, 0.2) is 0 Å². The van der Waals surface area contributed by atoms with Crippen molar-refractivity contribution in [2.24, 2.45) is 5.73 Å². The minimum absolute atomic E-state index is 0.126. The van der Waals surface area contributed by atoms with Crippen LogP contribution < -0.4 is 21.7 Å². The predicted molar refractivity (Wildman–Crippen MR) is 189 cm³/mol. The van der Waals surface area contributed by atoms with Gasteiger partial charge in [-0.1, -0.05) is 72.8 Å². The van der Waals surface area contributed by atoms with Crippen molar-refractivity contribution >= 4 is 58.5 Å². The number of amides is 4. The van der Waals surface area contributed by atoms with Crippen LogP contribution in [0.5, 0.6) is 0 Å². The second-order valence-electron chi connectivity index (χ2n) is 10.5. The monoisotopic (exact) mass is 671 g/mol. The van der Waals surface area contributed by atoms with Gasteiger partial charge >= 0.3 is 0 Å². The van der Waals surface area contributed by atoms with E-state index >= 15 is 0 Å². The molecule has 0 aliphatic carbocycles. The Morgan fingerprint density at radius 2 is 1.35 bits per heavy atom. The number of rotatable bonds is 12. The standard InChI is InChI=1S/C37H29N5O6S/c38-34(43)29-16-8-9-17-30(29)40-37(46)33(24-11-3-1-4-12-24)49-28-21-19-27(20-22-28)39-36(45)31(41-35(44)25-13-5-2-6-14-25)23-26-15-7-10-18-32(26)42(47)48/h1-23,33H,(H2,38,43)(H,39,45)(H,40,46)(H,41,44)/b31-23-. The van der Waals surface area contributed by atoms with Crippen LogP contribution in [0, 0.1) is 10.1 Å². The summed E-state index contributed by atoms with van der Waals surface area (Å²) < 4.78 is 0. The van der Waals surface area contributed by atoms with Gasteiger partial charge < -0.3 is 21.7 Å². The molecule has 5 aromatic carbocycles. The Kier molecular flexibility index (Phi) is 10.9. The van der Waals surface area contributed by atoms with E-state index in [1.54, 1.807) is 78.9 Å². The van der Waals surface area contributed by atoms with Gasteiger partial charge in [0, 0.05) is 22.2 Å². The van der Waals surface area contributed by atoms with Crippen molar-refractivity contribution in [2.45, 2.75) is 10.1 Å². The number of hydrogen-bond donors (Lipinski definition) is 4. The Labute approximate surface area is 285 Å². The van der Waals surface area contributed by atoms with Crippen LogP contribution in [0.25, 0.3) is 6.08 Å². The first-order chi connectivity index (χ1) is 23.7. The quantitative estimate of drug-likeness (QED) is 0.0502. The largest absolute Gasteiger partial charge is 0.366 e. The number of thioether (sulfide) groups is 1. The highest BCUT2D eigenvalue weighted by molar-refractivity contribution is 8.00. The van der Waals surface area contributed by atoms with E-state index in [2.05, 4.69) is 16.0 Å². The van der Waals surface area contributed by atoms with Crippen LogP contribution >= 0.6 is 11.8 Å². The summed E-state index contributed by atoms with van der Waals surface area (Å²) in [5.74, 6) is -2.33. The smallest absolute Gasteiger partial charge is 0.276 e. The van der Waals surface area contributed by atoms with Crippen LogP contribution in [0.1, 0.15) is 37.1 Å². The first kappa shape index (κ1) is 33.8. The highest BCUT2D eigenvalue weighted by atomic mass is 32.2. The normalized spacial score (nSPS) is 11.6. The summed E-state index contributed by atoms with van der Waals surface area (Å²) in [7, 11) is 0. The zero-order chi connectivity index (χ0) is 34.8. The van der Waals surface area contributed by atoms with Gasteiger partial charge in [-0.3, -0.25) is 29.3 Å². The lowest BCUT2D eigenvalue weighted by Crippen LogP contribution is -2.30. The van der Waals surface area contributed by atoms with Crippen molar-refractivity contribution in [2.75, 3.05) is 10.6 Å². The molecular formula is C37H29N5O6S. The summed E-state index contributed by atoms with van der Waals surface area (Å²) in [6.45, 7) is 0. The molecule has 0 fully saturated rings. The van der Waals surface area contributed by atoms with Crippen molar-refractivity contribution in [1.29, 1.82) is 0 Å². The molecule has 5 aromatic rings. The molecule has 0 saturated carbocycles. The molecule has 12 heteroatoms. The zero-order valence-electron chi connectivity index (χ0n) is 25.7. The number of para-hydroxylation sites is 2. The molecule has 0 aliphatic rings. The number of benzene rings is 5. The predicted octanol–water partition coefficient (Wildman–Crippen LogP) is 6.58. The molecular weight excluding hydrogens is 643 g/mol. The maximum absolute atomic E-state index is 13.6. The fourth-order valence-corrected chi connectivity index (χ4v) is 5.76. The van der Waals surface area contributed by atoms with E-state index in [1.165, 1.54) is 42.1 Å². The van der Waals surface area contributed by atoms with Crippen LogP contribution in [-0.2, 0) is 9.59 Å². The van der Waals surface area contributed by atoms with Gasteiger partial charge in [0.25, 0.3) is 23.4 Å². The lowest BCUT2D eigenvalue weighted by Gasteiger charge is -2.18. The molecule has 0 spiro atoms. The molecule has 5 N–H and O–H groups in total. The van der Waals surface area contributed by atoms with E-state index in [0.717, 1.165) is 5.56 Å². The molecule has 5 rings (SSSR count). The Hall–Kier alpha value is -6.53. The van der Waals surface area contributed by atoms with Crippen molar-refractivity contribution in [3.05, 3.63) is 172 Å². The molecule has 11 nitrogen and oxygen atoms in total. The highest BCUT2D eigenvalue weighted by Gasteiger charge is 2.24. The third-order valence-electron chi connectivity index (χ3n) is 7.12. The van der Waals surface area contributed by atoms with Gasteiger partial charge in [0.05, 0.1) is 21.7 Å². The van der Waals surface area contributed by atoms with Crippen molar-refractivity contribution < 1.29 is 24.1 Å².